The number of aromatic nitrogens is 2. The number of aryl methyl sites for hydroxylation is 2. The molecule has 1 aliphatic heterocycles. The van der Waals surface area contributed by atoms with Crippen LogP contribution in [0.1, 0.15) is 11.1 Å². The summed E-state index contributed by atoms with van der Waals surface area (Å²) in [4.78, 5) is 21.0. The molecular formula is C21H19ClN4O3S2. The Labute approximate surface area is 189 Å². The number of nitrogens with zero attached hydrogens (tertiary/aromatic N) is 3. The van der Waals surface area contributed by atoms with Crippen molar-refractivity contribution in [3.05, 3.63) is 58.7 Å². The largest absolute Gasteiger partial charge is 0.325 e. The molecule has 7 nitrogen and oxygen atoms in total. The summed E-state index contributed by atoms with van der Waals surface area (Å²) >= 11 is 7.20. The van der Waals surface area contributed by atoms with Gasteiger partial charge in [0.15, 0.2) is 5.16 Å². The number of hydrogen-bond acceptors (Lipinski definition) is 6. The Bertz CT molecular complexity index is 1310. The van der Waals surface area contributed by atoms with Crippen molar-refractivity contribution in [2.24, 2.45) is 0 Å². The lowest BCUT2D eigenvalue weighted by atomic mass is 10.1. The van der Waals surface area contributed by atoms with Crippen molar-refractivity contribution in [3.63, 3.8) is 0 Å². The minimum Gasteiger partial charge on any atom is -0.325 e. The second-order valence-electron chi connectivity index (χ2n) is 7.14. The van der Waals surface area contributed by atoms with Crippen molar-refractivity contribution >= 4 is 50.7 Å². The Morgan fingerprint density at radius 1 is 1.16 bits per heavy atom. The molecule has 4 rings (SSSR count). The summed E-state index contributed by atoms with van der Waals surface area (Å²) in [6.45, 7) is 3.99. The Kier molecular flexibility index (Phi) is 5.67. The Balaban J connectivity index is 1.57. The number of sulfonamides is 1. The van der Waals surface area contributed by atoms with Gasteiger partial charge < -0.3 is 5.32 Å². The highest BCUT2D eigenvalue weighted by Crippen LogP contribution is 2.42. The van der Waals surface area contributed by atoms with Crippen molar-refractivity contribution in [2.45, 2.75) is 23.9 Å². The molecule has 160 valence electrons. The van der Waals surface area contributed by atoms with Gasteiger partial charge in [-0.2, -0.15) is 0 Å². The summed E-state index contributed by atoms with van der Waals surface area (Å²) in [5.41, 5.74) is 4.35. The van der Waals surface area contributed by atoms with Crippen LogP contribution in [0.2, 0.25) is 5.02 Å². The van der Waals surface area contributed by atoms with Gasteiger partial charge in [-0.1, -0.05) is 29.4 Å². The number of halogens is 1. The molecule has 0 spiro atoms. The van der Waals surface area contributed by atoms with E-state index in [4.69, 9.17) is 11.6 Å². The summed E-state index contributed by atoms with van der Waals surface area (Å²) in [6.07, 6.45) is 1.29. The zero-order valence-electron chi connectivity index (χ0n) is 17.0. The van der Waals surface area contributed by atoms with Crippen LogP contribution in [0.15, 0.2) is 52.6 Å². The lowest BCUT2D eigenvalue weighted by molar-refractivity contribution is -0.113. The van der Waals surface area contributed by atoms with E-state index in [1.807, 2.05) is 32.0 Å². The highest BCUT2D eigenvalue weighted by molar-refractivity contribution is 7.99. The number of amides is 1. The van der Waals surface area contributed by atoms with Gasteiger partial charge >= 0.3 is 0 Å². The first kappa shape index (κ1) is 21.6. The van der Waals surface area contributed by atoms with Crippen LogP contribution in [-0.2, 0) is 14.8 Å². The molecule has 0 radical (unpaired) electrons. The van der Waals surface area contributed by atoms with E-state index in [-0.39, 0.29) is 16.6 Å². The smallest absolute Gasteiger partial charge is 0.267 e. The van der Waals surface area contributed by atoms with Crippen LogP contribution < -0.4 is 9.62 Å². The van der Waals surface area contributed by atoms with Gasteiger partial charge in [0.1, 0.15) is 4.90 Å². The summed E-state index contributed by atoms with van der Waals surface area (Å²) in [5, 5.41) is 3.59. The molecule has 1 amide bonds. The van der Waals surface area contributed by atoms with Crippen molar-refractivity contribution in [1.29, 1.82) is 0 Å². The second-order valence-corrected chi connectivity index (χ2v) is 10.5. The van der Waals surface area contributed by atoms with E-state index < -0.39 is 10.0 Å². The first-order chi connectivity index (χ1) is 14.7. The van der Waals surface area contributed by atoms with Crippen LogP contribution in [0.5, 0.6) is 0 Å². The minimum absolute atomic E-state index is 0.0220. The third kappa shape index (κ3) is 4.13. The van der Waals surface area contributed by atoms with E-state index in [1.54, 1.807) is 18.2 Å². The van der Waals surface area contributed by atoms with Gasteiger partial charge in [-0.25, -0.2) is 18.4 Å². The Morgan fingerprint density at radius 2 is 1.94 bits per heavy atom. The van der Waals surface area contributed by atoms with Crippen LogP contribution in [0.3, 0.4) is 0 Å². The molecule has 0 aliphatic carbocycles. The fourth-order valence-corrected chi connectivity index (χ4v) is 5.27. The maximum absolute atomic E-state index is 12.8. The third-order valence-electron chi connectivity index (χ3n) is 5.05. The van der Waals surface area contributed by atoms with Crippen LogP contribution in [0.4, 0.5) is 11.4 Å². The van der Waals surface area contributed by atoms with Crippen LogP contribution in [0.25, 0.3) is 11.3 Å². The normalized spacial score (nSPS) is 14.0. The number of anilines is 2. The van der Waals surface area contributed by atoms with Crippen molar-refractivity contribution in [2.75, 3.05) is 22.4 Å². The molecule has 0 saturated heterocycles. The average Bonchev–Trinajstić information content (AvgIpc) is 2.73. The second kappa shape index (κ2) is 8.14. The first-order valence-electron chi connectivity index (χ1n) is 9.32. The van der Waals surface area contributed by atoms with Crippen molar-refractivity contribution in [3.8, 4) is 11.3 Å². The van der Waals surface area contributed by atoms with E-state index in [0.29, 0.717) is 27.1 Å². The number of thioether (sulfide) groups is 1. The van der Waals surface area contributed by atoms with Gasteiger partial charge in [0.2, 0.25) is 5.91 Å². The van der Waals surface area contributed by atoms with E-state index in [1.165, 1.54) is 17.5 Å². The number of carbonyl (C=O) groups excluding carboxylic acids is 1. The summed E-state index contributed by atoms with van der Waals surface area (Å²) in [7, 11) is -2.32. The van der Waals surface area contributed by atoms with Crippen LogP contribution in [0, 0.1) is 13.8 Å². The zero-order chi connectivity index (χ0) is 22.3. The predicted octanol–water partition coefficient (Wildman–Crippen LogP) is 4.28. The van der Waals surface area contributed by atoms with E-state index >= 15 is 0 Å². The standard InChI is InChI=1S/C21H19ClN4O3S2/c1-12-4-6-15(8-13(12)2)24-19(27)11-30-21-23-10-18-20(25-21)16-7-5-14(22)9-17(16)26(3)31(18,28)29/h4-10H,11H2,1-3H3,(H,24,27). The average molecular weight is 475 g/mol. The van der Waals surface area contributed by atoms with Crippen molar-refractivity contribution < 1.29 is 13.2 Å². The molecule has 0 unspecified atom stereocenters. The molecule has 10 heteroatoms. The van der Waals surface area contributed by atoms with E-state index in [2.05, 4.69) is 15.3 Å². The zero-order valence-corrected chi connectivity index (χ0v) is 19.4. The quantitative estimate of drug-likeness (QED) is 0.448. The number of hydrogen-bond donors (Lipinski definition) is 1. The van der Waals surface area contributed by atoms with Gasteiger partial charge in [-0.05, 0) is 55.3 Å². The monoisotopic (exact) mass is 474 g/mol. The summed E-state index contributed by atoms with van der Waals surface area (Å²) < 4.78 is 26.9. The molecule has 2 heterocycles. The van der Waals surface area contributed by atoms with E-state index in [9.17, 15) is 13.2 Å². The maximum atomic E-state index is 12.8. The molecule has 2 aromatic carbocycles. The molecule has 1 aromatic heterocycles. The Hall–Kier alpha value is -2.62. The summed E-state index contributed by atoms with van der Waals surface area (Å²) in [5.74, 6) is -0.111. The lowest BCUT2D eigenvalue weighted by Crippen LogP contribution is -2.31. The predicted molar refractivity (Wildman–Crippen MR) is 123 cm³/mol. The molecule has 31 heavy (non-hydrogen) atoms. The molecule has 0 fully saturated rings. The maximum Gasteiger partial charge on any atom is 0.267 e. The number of nitrogens with one attached hydrogen (secondary N) is 1. The van der Waals surface area contributed by atoms with Crippen molar-refractivity contribution in [1.82, 2.24) is 9.97 Å². The molecule has 0 bridgehead atoms. The first-order valence-corrected chi connectivity index (χ1v) is 12.1. The molecule has 0 atom stereocenters. The Morgan fingerprint density at radius 3 is 2.68 bits per heavy atom. The molecule has 3 aromatic rings. The highest BCUT2D eigenvalue weighted by atomic mass is 35.5. The third-order valence-corrected chi connectivity index (χ3v) is 7.92. The summed E-state index contributed by atoms with van der Waals surface area (Å²) in [6, 6.07) is 10.7. The number of fused-ring (bicyclic) bond motifs is 3. The SMILES string of the molecule is Cc1ccc(NC(=O)CSc2ncc3c(n2)-c2ccc(Cl)cc2N(C)S3(=O)=O)cc1C. The van der Waals surface area contributed by atoms with Gasteiger partial charge in [0.05, 0.1) is 23.3 Å². The topological polar surface area (TPSA) is 92.3 Å². The highest BCUT2D eigenvalue weighted by Gasteiger charge is 2.34. The molecule has 1 N–H and O–H groups in total. The molecule has 1 aliphatic rings. The van der Waals surface area contributed by atoms with Gasteiger partial charge in [-0.3, -0.25) is 9.10 Å². The van der Waals surface area contributed by atoms with Gasteiger partial charge in [0.25, 0.3) is 10.0 Å². The molecular weight excluding hydrogens is 456 g/mol. The molecule has 0 saturated carbocycles. The number of benzene rings is 2. The fourth-order valence-electron chi connectivity index (χ4n) is 3.19. The van der Waals surface area contributed by atoms with Gasteiger partial charge in [-0.15, -0.1) is 0 Å². The number of carbonyl (C=O) groups is 1. The van der Waals surface area contributed by atoms with Crippen LogP contribution >= 0.6 is 23.4 Å². The number of rotatable bonds is 4. The van der Waals surface area contributed by atoms with Gasteiger partial charge in [0, 0.05) is 23.3 Å². The minimum atomic E-state index is -3.79. The van der Waals surface area contributed by atoms with E-state index in [0.717, 1.165) is 28.6 Å². The van der Waals surface area contributed by atoms with Crippen LogP contribution in [-0.4, -0.2) is 37.1 Å². The lowest BCUT2D eigenvalue weighted by Gasteiger charge is -2.28. The fraction of sp³-hybridized carbons (Fsp3) is 0.190.